The SMILES string of the molecule is CC/C=C\C/C=C\C/C=C\C/C=C\C/C=C\C/C=C\CCC(=O)OCC(COP(=O)(O)OCC(O)COP(=O)(O)OCC(COC(=O)CCCCCC/C=C\C/C=C\C/C=C\C/C=C\CC)OC(=O)CCCCCCC/C=C\C/C=C\CCC)OC(=O)CCCCC/C=C\C/C=C\C/C=C\C/C=C\C/C=C\CC. The molecule has 0 aliphatic carbocycles. The van der Waals surface area contributed by atoms with Crippen LogP contribution >= 0.6 is 15.6 Å². The van der Waals surface area contributed by atoms with E-state index in [-0.39, 0.29) is 25.7 Å². The third-order valence-electron chi connectivity index (χ3n) is 15.7. The van der Waals surface area contributed by atoms with E-state index in [1.807, 2.05) is 18.2 Å². The molecule has 19 heteroatoms. The lowest BCUT2D eigenvalue weighted by atomic mass is 10.1. The molecule has 5 atom stereocenters. The van der Waals surface area contributed by atoms with E-state index in [4.69, 9.17) is 37.0 Å². The van der Waals surface area contributed by atoms with Crippen molar-refractivity contribution < 1.29 is 80.2 Å². The zero-order chi connectivity index (χ0) is 78.9. The van der Waals surface area contributed by atoms with E-state index in [9.17, 15) is 43.2 Å². The number of carbonyl (C=O) groups excluding carboxylic acids is 4. The number of aliphatic hydroxyl groups is 1. The zero-order valence-corrected chi connectivity index (χ0v) is 68.2. The molecule has 0 aromatic rings. The summed E-state index contributed by atoms with van der Waals surface area (Å²) in [7, 11) is -10.0. The average molecular weight is 1540 g/mol. The molecule has 0 radical (unpaired) electrons. The van der Waals surface area contributed by atoms with E-state index in [0.717, 1.165) is 186 Å². The minimum atomic E-state index is -5.02. The van der Waals surface area contributed by atoms with Crippen LogP contribution in [0.25, 0.3) is 0 Å². The van der Waals surface area contributed by atoms with E-state index >= 15 is 0 Å². The van der Waals surface area contributed by atoms with Crippen molar-refractivity contribution in [1.29, 1.82) is 0 Å². The van der Waals surface area contributed by atoms with Crippen LogP contribution in [-0.2, 0) is 65.4 Å². The van der Waals surface area contributed by atoms with Crippen molar-refractivity contribution in [3.8, 4) is 0 Å². The van der Waals surface area contributed by atoms with Gasteiger partial charge in [0.1, 0.15) is 19.3 Å². The summed E-state index contributed by atoms with van der Waals surface area (Å²) >= 11 is 0. The normalized spacial score (nSPS) is 14.9. The molecule has 108 heavy (non-hydrogen) atoms. The van der Waals surface area contributed by atoms with Gasteiger partial charge in [0, 0.05) is 25.7 Å². The Kier molecular flexibility index (Phi) is 74.1. The first-order valence-electron chi connectivity index (χ1n) is 40.3. The minimum Gasteiger partial charge on any atom is -0.462 e. The molecule has 0 saturated carbocycles. The van der Waals surface area contributed by atoms with Crippen molar-refractivity contribution in [3.05, 3.63) is 207 Å². The Morgan fingerprint density at radius 1 is 0.269 bits per heavy atom. The first-order chi connectivity index (χ1) is 52.7. The molecule has 0 aliphatic heterocycles. The summed E-state index contributed by atoms with van der Waals surface area (Å²) in [6.45, 7) is 4.27. The molecule has 0 heterocycles. The minimum absolute atomic E-state index is 0.0190. The van der Waals surface area contributed by atoms with Crippen molar-refractivity contribution in [2.45, 2.75) is 290 Å². The second-order valence-electron chi connectivity index (χ2n) is 25.9. The maximum atomic E-state index is 13.1. The summed E-state index contributed by atoms with van der Waals surface area (Å²) in [4.78, 5) is 73.1. The molecule has 0 aliphatic rings. The van der Waals surface area contributed by atoms with Crippen LogP contribution in [0.5, 0.6) is 0 Å². The largest absolute Gasteiger partial charge is 0.472 e. The van der Waals surface area contributed by atoms with E-state index in [1.165, 1.54) is 0 Å². The number of carbonyl (C=O) groups is 4. The number of esters is 4. The van der Waals surface area contributed by atoms with Crippen LogP contribution in [0.3, 0.4) is 0 Å². The highest BCUT2D eigenvalue weighted by Gasteiger charge is 2.30. The van der Waals surface area contributed by atoms with Gasteiger partial charge in [-0.25, -0.2) is 9.13 Å². The molecule has 0 rings (SSSR count). The molecule has 0 spiro atoms. The Balaban J connectivity index is 5.52. The number of hydrogen-bond donors (Lipinski definition) is 3. The topological polar surface area (TPSA) is 237 Å². The third-order valence-corrected chi connectivity index (χ3v) is 17.6. The van der Waals surface area contributed by atoms with Crippen LogP contribution < -0.4 is 0 Å². The van der Waals surface area contributed by atoms with Gasteiger partial charge in [0.05, 0.1) is 26.4 Å². The fraction of sp³-hybridized carbons (Fsp3) is 0.573. The first-order valence-corrected chi connectivity index (χ1v) is 43.3. The van der Waals surface area contributed by atoms with E-state index < -0.39 is 97.5 Å². The third kappa shape index (κ3) is 77.8. The molecule has 5 unspecified atom stereocenters. The number of aliphatic hydroxyl groups excluding tert-OH is 1. The maximum Gasteiger partial charge on any atom is 0.472 e. The fourth-order valence-corrected chi connectivity index (χ4v) is 11.3. The van der Waals surface area contributed by atoms with Crippen molar-refractivity contribution >= 4 is 39.5 Å². The molecule has 0 saturated heterocycles. The standard InChI is InChI=1S/C89H140O17P2/c1-5-9-13-17-21-25-29-33-36-39-41-44-47-51-54-58-62-66-70-74-87(92)100-80-85(106-89(94)76-72-68-64-60-56-52-48-45-42-40-37-34-30-26-22-18-14-10-6-2)82-104-108(97,98)102-78-83(90)77-101-107(95,96)103-81-84(105-88(93)75-71-67-63-59-55-49-32-28-24-20-16-12-8-4)79-99-86(91)73-69-65-61-57-53-50-46-43-38-35-31-27-23-19-15-11-7-3/h9-11,13-16,20-23,25-28,32-38,41-42,44-46,50-52,54,56,62,66,83-85,90H,5-8,12,17-19,24,29-31,39-40,43,47-49,53,55,57-61,63-65,67-82H2,1-4H3,(H,95,96)(H,97,98)/b13-9-,14-10-,15-11-,20-16-,25-21-,26-22-,27-23-,32-28-,36-33-,37-34-,38-35-,44-41-,45-42-,50-46-,54-51-,56-52-,66-62-. The molecule has 0 amide bonds. The molecule has 0 fully saturated rings. The van der Waals surface area contributed by atoms with Gasteiger partial charge in [-0.2, -0.15) is 0 Å². The molecule has 17 nitrogen and oxygen atoms in total. The Morgan fingerprint density at radius 3 is 0.806 bits per heavy atom. The zero-order valence-electron chi connectivity index (χ0n) is 66.4. The Bertz CT molecular complexity index is 2860. The molecule has 0 aromatic carbocycles. The fourth-order valence-electron chi connectivity index (χ4n) is 9.71. The van der Waals surface area contributed by atoms with Gasteiger partial charge in [0.15, 0.2) is 12.2 Å². The molecular formula is C89H140O17P2. The van der Waals surface area contributed by atoms with Crippen LogP contribution in [0.1, 0.15) is 272 Å². The van der Waals surface area contributed by atoms with Crippen LogP contribution in [0.4, 0.5) is 0 Å². The highest BCUT2D eigenvalue weighted by Crippen LogP contribution is 2.45. The van der Waals surface area contributed by atoms with Crippen LogP contribution in [0.2, 0.25) is 0 Å². The summed E-state index contributed by atoms with van der Waals surface area (Å²) in [5, 5.41) is 10.7. The van der Waals surface area contributed by atoms with Crippen molar-refractivity contribution in [1.82, 2.24) is 0 Å². The summed E-state index contributed by atoms with van der Waals surface area (Å²) in [5.74, 6) is -2.38. The first kappa shape index (κ1) is 102. The predicted molar refractivity (Wildman–Crippen MR) is 445 cm³/mol. The number of unbranched alkanes of at least 4 members (excludes halogenated alkanes) is 13. The predicted octanol–water partition coefficient (Wildman–Crippen LogP) is 23.9. The van der Waals surface area contributed by atoms with Crippen LogP contribution in [-0.4, -0.2) is 96.7 Å². The number of phosphoric acid groups is 2. The molecule has 3 N–H and O–H groups in total. The number of allylic oxidation sites excluding steroid dienone is 34. The Hall–Kier alpha value is -6.36. The smallest absolute Gasteiger partial charge is 0.462 e. The highest BCUT2D eigenvalue weighted by molar-refractivity contribution is 7.47. The van der Waals surface area contributed by atoms with E-state index in [0.29, 0.717) is 32.1 Å². The quantitative estimate of drug-likeness (QED) is 0.0169. The van der Waals surface area contributed by atoms with E-state index in [2.05, 4.69) is 216 Å². The number of ether oxygens (including phenoxy) is 4. The summed E-state index contributed by atoms with van der Waals surface area (Å²) in [6.07, 6.45) is 98.2. The lowest BCUT2D eigenvalue weighted by Gasteiger charge is -2.21. The second-order valence-corrected chi connectivity index (χ2v) is 28.8. The second kappa shape index (κ2) is 78.8. The molecular weight excluding hydrogens is 1400 g/mol. The van der Waals surface area contributed by atoms with Gasteiger partial charge in [0.25, 0.3) is 0 Å². The van der Waals surface area contributed by atoms with Gasteiger partial charge in [-0.05, 0) is 173 Å². The van der Waals surface area contributed by atoms with Gasteiger partial charge in [0.2, 0.25) is 0 Å². The van der Waals surface area contributed by atoms with E-state index in [1.54, 1.807) is 0 Å². The van der Waals surface area contributed by atoms with Crippen molar-refractivity contribution in [2.75, 3.05) is 39.6 Å². The van der Waals surface area contributed by atoms with Crippen molar-refractivity contribution in [2.24, 2.45) is 0 Å². The van der Waals surface area contributed by atoms with Crippen molar-refractivity contribution in [3.63, 3.8) is 0 Å². The van der Waals surface area contributed by atoms with Gasteiger partial charge >= 0.3 is 39.5 Å². The molecule has 0 bridgehead atoms. The number of phosphoric ester groups is 2. The molecule has 0 aromatic heterocycles. The Morgan fingerprint density at radius 2 is 0.500 bits per heavy atom. The highest BCUT2D eigenvalue weighted by atomic mass is 31.2. The monoisotopic (exact) mass is 1540 g/mol. The summed E-state index contributed by atoms with van der Waals surface area (Å²) in [6, 6.07) is 0. The number of rotatable bonds is 73. The summed E-state index contributed by atoms with van der Waals surface area (Å²) in [5.41, 5.74) is 0. The van der Waals surface area contributed by atoms with Crippen LogP contribution in [0.15, 0.2) is 207 Å². The molecule has 608 valence electrons. The lowest BCUT2D eigenvalue weighted by Crippen LogP contribution is -2.30. The lowest BCUT2D eigenvalue weighted by molar-refractivity contribution is -0.161. The van der Waals surface area contributed by atoms with Gasteiger partial charge < -0.3 is 33.8 Å². The van der Waals surface area contributed by atoms with Gasteiger partial charge in [-0.3, -0.25) is 37.3 Å². The Labute approximate surface area is 652 Å². The maximum absolute atomic E-state index is 13.1. The van der Waals surface area contributed by atoms with Gasteiger partial charge in [-0.1, -0.05) is 279 Å². The van der Waals surface area contributed by atoms with Gasteiger partial charge in [-0.15, -0.1) is 0 Å². The number of hydrogen-bond acceptors (Lipinski definition) is 15. The average Bonchev–Trinajstić information content (AvgIpc) is 0.892. The summed E-state index contributed by atoms with van der Waals surface area (Å²) < 4.78 is 68.5. The van der Waals surface area contributed by atoms with Crippen LogP contribution in [0, 0.1) is 0 Å².